The SMILES string of the molecule is CC(C)Nc1ncc(C(=O)Nc2ccc(OCc3ccc(Cl)cc3)cc2)cn1. The number of anilines is 2. The average Bonchev–Trinajstić information content (AvgIpc) is 2.69. The van der Waals surface area contributed by atoms with E-state index in [1.165, 1.54) is 12.4 Å². The molecule has 6 nitrogen and oxygen atoms in total. The summed E-state index contributed by atoms with van der Waals surface area (Å²) in [5.41, 5.74) is 2.07. The summed E-state index contributed by atoms with van der Waals surface area (Å²) in [6, 6.07) is 14.9. The first kappa shape index (κ1) is 19.6. The van der Waals surface area contributed by atoms with Gasteiger partial charge in [-0.05, 0) is 55.8 Å². The number of amides is 1. The van der Waals surface area contributed by atoms with E-state index in [2.05, 4.69) is 20.6 Å². The molecule has 1 aromatic heterocycles. The van der Waals surface area contributed by atoms with Gasteiger partial charge in [0.2, 0.25) is 5.95 Å². The summed E-state index contributed by atoms with van der Waals surface area (Å²) in [4.78, 5) is 20.6. The van der Waals surface area contributed by atoms with Gasteiger partial charge < -0.3 is 15.4 Å². The van der Waals surface area contributed by atoms with Crippen molar-refractivity contribution in [3.8, 4) is 5.75 Å². The lowest BCUT2D eigenvalue weighted by Gasteiger charge is -2.10. The molecule has 0 saturated carbocycles. The molecule has 7 heteroatoms. The Morgan fingerprint density at radius 1 is 1.04 bits per heavy atom. The molecular formula is C21H21ClN4O2. The molecule has 0 saturated heterocycles. The minimum Gasteiger partial charge on any atom is -0.489 e. The Balaban J connectivity index is 1.54. The normalized spacial score (nSPS) is 10.6. The second-order valence-corrected chi connectivity index (χ2v) is 6.92. The number of hydrogen-bond donors (Lipinski definition) is 2. The van der Waals surface area contributed by atoms with E-state index in [1.807, 2.05) is 38.1 Å². The maximum atomic E-state index is 12.3. The predicted octanol–water partition coefficient (Wildman–Crippen LogP) is 4.78. The largest absolute Gasteiger partial charge is 0.489 e. The minimum absolute atomic E-state index is 0.222. The van der Waals surface area contributed by atoms with Gasteiger partial charge in [0.25, 0.3) is 5.91 Å². The van der Waals surface area contributed by atoms with Crippen molar-refractivity contribution in [1.82, 2.24) is 9.97 Å². The molecule has 0 fully saturated rings. The first-order chi connectivity index (χ1) is 13.5. The number of carbonyl (C=O) groups excluding carboxylic acids is 1. The van der Waals surface area contributed by atoms with Gasteiger partial charge in [0, 0.05) is 29.1 Å². The Labute approximate surface area is 168 Å². The lowest BCUT2D eigenvalue weighted by molar-refractivity contribution is 0.102. The van der Waals surface area contributed by atoms with Gasteiger partial charge in [-0.15, -0.1) is 0 Å². The summed E-state index contributed by atoms with van der Waals surface area (Å²) >= 11 is 5.87. The number of aromatic nitrogens is 2. The van der Waals surface area contributed by atoms with Crippen molar-refractivity contribution in [3.63, 3.8) is 0 Å². The fraction of sp³-hybridized carbons (Fsp3) is 0.190. The first-order valence-corrected chi connectivity index (χ1v) is 9.24. The van der Waals surface area contributed by atoms with Gasteiger partial charge in [-0.25, -0.2) is 9.97 Å². The highest BCUT2D eigenvalue weighted by Gasteiger charge is 2.08. The molecule has 0 radical (unpaired) electrons. The molecule has 0 aliphatic heterocycles. The van der Waals surface area contributed by atoms with E-state index in [-0.39, 0.29) is 11.9 Å². The first-order valence-electron chi connectivity index (χ1n) is 8.87. The van der Waals surface area contributed by atoms with E-state index in [4.69, 9.17) is 16.3 Å². The molecule has 144 valence electrons. The van der Waals surface area contributed by atoms with Crippen molar-refractivity contribution in [2.24, 2.45) is 0 Å². The zero-order valence-electron chi connectivity index (χ0n) is 15.6. The summed E-state index contributed by atoms with van der Waals surface area (Å²) in [5, 5.41) is 6.59. The third-order valence-electron chi connectivity index (χ3n) is 3.76. The predicted molar refractivity (Wildman–Crippen MR) is 111 cm³/mol. The molecule has 2 aromatic carbocycles. The van der Waals surface area contributed by atoms with Gasteiger partial charge in [-0.2, -0.15) is 0 Å². The van der Waals surface area contributed by atoms with Crippen molar-refractivity contribution >= 4 is 29.1 Å². The molecular weight excluding hydrogens is 376 g/mol. The number of carbonyl (C=O) groups is 1. The lowest BCUT2D eigenvalue weighted by Crippen LogP contribution is -2.15. The van der Waals surface area contributed by atoms with E-state index in [1.54, 1.807) is 24.3 Å². The second kappa shape index (κ2) is 9.19. The Morgan fingerprint density at radius 3 is 2.29 bits per heavy atom. The number of benzene rings is 2. The van der Waals surface area contributed by atoms with Crippen LogP contribution in [0.4, 0.5) is 11.6 Å². The van der Waals surface area contributed by atoms with Crippen molar-refractivity contribution in [1.29, 1.82) is 0 Å². The number of hydrogen-bond acceptors (Lipinski definition) is 5. The van der Waals surface area contributed by atoms with Gasteiger partial charge >= 0.3 is 0 Å². The Kier molecular flexibility index (Phi) is 6.45. The lowest BCUT2D eigenvalue weighted by atomic mass is 10.2. The zero-order chi connectivity index (χ0) is 19.9. The van der Waals surface area contributed by atoms with Crippen LogP contribution in [0.5, 0.6) is 5.75 Å². The summed E-state index contributed by atoms with van der Waals surface area (Å²) in [6.45, 7) is 4.43. The van der Waals surface area contributed by atoms with E-state index in [0.717, 1.165) is 5.56 Å². The van der Waals surface area contributed by atoms with Crippen LogP contribution in [-0.4, -0.2) is 21.9 Å². The minimum atomic E-state index is -0.272. The van der Waals surface area contributed by atoms with E-state index in [0.29, 0.717) is 34.6 Å². The smallest absolute Gasteiger partial charge is 0.258 e. The molecule has 1 heterocycles. The van der Waals surface area contributed by atoms with E-state index in [9.17, 15) is 4.79 Å². The summed E-state index contributed by atoms with van der Waals surface area (Å²) in [7, 11) is 0. The Morgan fingerprint density at radius 2 is 1.68 bits per heavy atom. The van der Waals surface area contributed by atoms with Gasteiger partial charge in [-0.1, -0.05) is 23.7 Å². The van der Waals surface area contributed by atoms with Crippen molar-refractivity contribution in [3.05, 3.63) is 77.1 Å². The second-order valence-electron chi connectivity index (χ2n) is 6.49. The van der Waals surface area contributed by atoms with Crippen LogP contribution in [0.1, 0.15) is 29.8 Å². The van der Waals surface area contributed by atoms with Gasteiger partial charge in [0.15, 0.2) is 0 Å². The maximum absolute atomic E-state index is 12.3. The van der Waals surface area contributed by atoms with Crippen molar-refractivity contribution in [2.45, 2.75) is 26.5 Å². The molecule has 3 rings (SSSR count). The highest BCUT2D eigenvalue weighted by atomic mass is 35.5. The van der Waals surface area contributed by atoms with Crippen molar-refractivity contribution in [2.75, 3.05) is 10.6 Å². The summed E-state index contributed by atoms with van der Waals surface area (Å²) < 4.78 is 5.74. The molecule has 0 aliphatic rings. The van der Waals surface area contributed by atoms with Crippen LogP contribution in [0.2, 0.25) is 5.02 Å². The summed E-state index contributed by atoms with van der Waals surface area (Å²) in [6.07, 6.45) is 2.99. The number of ether oxygens (including phenoxy) is 1. The third kappa shape index (κ3) is 5.69. The molecule has 0 bridgehead atoms. The number of halogens is 1. The monoisotopic (exact) mass is 396 g/mol. The quantitative estimate of drug-likeness (QED) is 0.601. The van der Waals surface area contributed by atoms with Crippen LogP contribution in [0, 0.1) is 0 Å². The fourth-order valence-corrected chi connectivity index (χ4v) is 2.49. The van der Waals surface area contributed by atoms with Gasteiger partial charge in [-0.3, -0.25) is 4.79 Å². The molecule has 0 aliphatic carbocycles. The topological polar surface area (TPSA) is 76.1 Å². The summed E-state index contributed by atoms with van der Waals surface area (Å²) in [5.74, 6) is 0.931. The Bertz CT molecular complexity index is 911. The number of nitrogens with one attached hydrogen (secondary N) is 2. The molecule has 0 unspecified atom stereocenters. The zero-order valence-corrected chi connectivity index (χ0v) is 16.4. The van der Waals surface area contributed by atoms with Gasteiger partial charge in [0.05, 0.1) is 5.56 Å². The molecule has 1 amide bonds. The average molecular weight is 397 g/mol. The van der Waals surface area contributed by atoms with Crippen LogP contribution < -0.4 is 15.4 Å². The van der Waals surface area contributed by atoms with Crippen LogP contribution >= 0.6 is 11.6 Å². The van der Waals surface area contributed by atoms with Gasteiger partial charge in [0.1, 0.15) is 12.4 Å². The third-order valence-corrected chi connectivity index (χ3v) is 4.01. The molecule has 3 aromatic rings. The van der Waals surface area contributed by atoms with E-state index >= 15 is 0 Å². The molecule has 28 heavy (non-hydrogen) atoms. The van der Waals surface area contributed by atoms with Crippen molar-refractivity contribution < 1.29 is 9.53 Å². The van der Waals surface area contributed by atoms with E-state index < -0.39 is 0 Å². The number of rotatable bonds is 7. The highest BCUT2D eigenvalue weighted by molar-refractivity contribution is 6.30. The standard InChI is InChI=1S/C21H21ClN4O2/c1-14(2)25-21-23-11-16(12-24-21)20(27)26-18-7-9-19(10-8-18)28-13-15-3-5-17(22)6-4-15/h3-12,14H,13H2,1-2H3,(H,26,27)(H,23,24,25). The van der Waals surface area contributed by atoms with Crippen LogP contribution in [0.15, 0.2) is 60.9 Å². The molecule has 0 spiro atoms. The van der Waals surface area contributed by atoms with Crippen LogP contribution in [0.25, 0.3) is 0 Å². The number of nitrogens with zero attached hydrogens (tertiary/aromatic N) is 2. The highest BCUT2D eigenvalue weighted by Crippen LogP contribution is 2.18. The fourth-order valence-electron chi connectivity index (χ4n) is 2.36. The maximum Gasteiger partial charge on any atom is 0.258 e. The van der Waals surface area contributed by atoms with Crippen LogP contribution in [0.3, 0.4) is 0 Å². The Hall–Kier alpha value is -3.12. The molecule has 0 atom stereocenters. The molecule has 2 N–H and O–H groups in total. The van der Waals surface area contributed by atoms with Crippen LogP contribution in [-0.2, 0) is 6.61 Å².